The fourth-order valence-electron chi connectivity index (χ4n) is 3.81. The zero-order valence-electron chi connectivity index (χ0n) is 12.9. The quantitative estimate of drug-likeness (QED) is 0.531. The van der Waals surface area contributed by atoms with Gasteiger partial charge in [0.25, 0.3) is 0 Å². The molecule has 130 valence electrons. The summed E-state index contributed by atoms with van der Waals surface area (Å²) in [4.78, 5) is 0. The summed E-state index contributed by atoms with van der Waals surface area (Å²) in [6.45, 7) is 0. The number of allylic oxidation sites excluding steroid dienone is 2. The highest BCUT2D eigenvalue weighted by molar-refractivity contribution is 6.42. The normalized spacial score (nSPS) is 24.6. The van der Waals surface area contributed by atoms with E-state index in [4.69, 9.17) is 23.2 Å². The lowest BCUT2D eigenvalue weighted by atomic mass is 9.76. The van der Waals surface area contributed by atoms with E-state index in [9.17, 15) is 13.2 Å². The Morgan fingerprint density at radius 1 is 1.00 bits per heavy atom. The summed E-state index contributed by atoms with van der Waals surface area (Å²) in [6.07, 6.45) is 0.511. The SMILES string of the molecule is FC(F)(F)c1ccc2c(c1)[C@@H]1C=CC[C@@H]1[C@H](c1ccc(Cl)c(Cl)c1)N2. The van der Waals surface area contributed by atoms with Crippen LogP contribution >= 0.6 is 23.2 Å². The third-order valence-electron chi connectivity index (χ3n) is 4.99. The highest BCUT2D eigenvalue weighted by atomic mass is 35.5. The lowest BCUT2D eigenvalue weighted by Gasteiger charge is -2.38. The molecule has 0 radical (unpaired) electrons. The van der Waals surface area contributed by atoms with Gasteiger partial charge in [-0.2, -0.15) is 13.2 Å². The van der Waals surface area contributed by atoms with Crippen LogP contribution in [0, 0.1) is 5.92 Å². The largest absolute Gasteiger partial charge is 0.416 e. The van der Waals surface area contributed by atoms with Crippen molar-refractivity contribution in [3.05, 3.63) is 75.3 Å². The van der Waals surface area contributed by atoms with Crippen molar-refractivity contribution in [2.45, 2.75) is 24.6 Å². The Balaban J connectivity index is 1.77. The number of hydrogen-bond donors (Lipinski definition) is 1. The third-order valence-corrected chi connectivity index (χ3v) is 5.73. The van der Waals surface area contributed by atoms with Crippen molar-refractivity contribution < 1.29 is 13.2 Å². The number of fused-ring (bicyclic) bond motifs is 3. The number of halogens is 5. The van der Waals surface area contributed by atoms with E-state index in [0.717, 1.165) is 23.7 Å². The summed E-state index contributed by atoms with van der Waals surface area (Å²) in [5.41, 5.74) is 1.81. The number of hydrogen-bond acceptors (Lipinski definition) is 1. The smallest absolute Gasteiger partial charge is 0.378 e. The minimum absolute atomic E-state index is 0.0287. The summed E-state index contributed by atoms with van der Waals surface area (Å²) in [7, 11) is 0. The molecule has 4 rings (SSSR count). The van der Waals surface area contributed by atoms with Crippen LogP contribution in [0.25, 0.3) is 0 Å². The molecule has 2 aromatic carbocycles. The molecule has 0 saturated heterocycles. The maximum atomic E-state index is 13.1. The standard InChI is InChI=1S/C19H14Cl2F3N/c20-15-6-4-10(8-16(15)21)18-13-3-1-2-12(13)14-9-11(19(22,23)24)5-7-17(14)25-18/h1-2,4-9,12-13,18,25H,3H2/t12-,13+,18+/m1/s1. The van der Waals surface area contributed by atoms with Crippen LogP contribution in [0.15, 0.2) is 48.6 Å². The van der Waals surface area contributed by atoms with Gasteiger partial charge < -0.3 is 5.32 Å². The minimum Gasteiger partial charge on any atom is -0.378 e. The first-order chi connectivity index (χ1) is 11.8. The Labute approximate surface area is 153 Å². The van der Waals surface area contributed by atoms with Crippen molar-refractivity contribution in [1.82, 2.24) is 0 Å². The summed E-state index contributed by atoms with van der Waals surface area (Å²) in [5, 5.41) is 4.36. The first kappa shape index (κ1) is 16.8. The average Bonchev–Trinajstić information content (AvgIpc) is 3.05. The average molecular weight is 384 g/mol. The van der Waals surface area contributed by atoms with Gasteiger partial charge in [0.1, 0.15) is 0 Å². The zero-order valence-corrected chi connectivity index (χ0v) is 14.5. The minimum atomic E-state index is -4.34. The van der Waals surface area contributed by atoms with Gasteiger partial charge in [-0.3, -0.25) is 0 Å². The maximum Gasteiger partial charge on any atom is 0.416 e. The molecule has 0 spiro atoms. The molecular weight excluding hydrogens is 370 g/mol. The van der Waals surface area contributed by atoms with Crippen LogP contribution in [-0.2, 0) is 6.18 Å². The second-order valence-electron chi connectivity index (χ2n) is 6.45. The Bertz CT molecular complexity index is 860. The number of anilines is 1. The van der Waals surface area contributed by atoms with Crippen LogP contribution < -0.4 is 5.32 Å². The highest BCUT2D eigenvalue weighted by Crippen LogP contribution is 2.51. The van der Waals surface area contributed by atoms with Gasteiger partial charge in [0.2, 0.25) is 0 Å². The van der Waals surface area contributed by atoms with Crippen molar-refractivity contribution in [1.29, 1.82) is 0 Å². The first-order valence-electron chi connectivity index (χ1n) is 7.94. The van der Waals surface area contributed by atoms with Gasteiger partial charge in [0, 0.05) is 11.6 Å². The van der Waals surface area contributed by atoms with Gasteiger partial charge in [0.05, 0.1) is 21.7 Å². The van der Waals surface area contributed by atoms with Crippen LogP contribution in [0.5, 0.6) is 0 Å². The molecule has 0 bridgehead atoms. The summed E-state index contributed by atoms with van der Waals surface area (Å²) < 4.78 is 39.2. The lowest BCUT2D eigenvalue weighted by Crippen LogP contribution is -2.29. The Morgan fingerprint density at radius 3 is 2.52 bits per heavy atom. The first-order valence-corrected chi connectivity index (χ1v) is 8.69. The molecule has 2 aromatic rings. The maximum absolute atomic E-state index is 13.1. The summed E-state index contributed by atoms with van der Waals surface area (Å²) >= 11 is 12.1. The number of alkyl halides is 3. The molecule has 0 fully saturated rings. The van der Waals surface area contributed by atoms with Crippen LogP contribution in [0.1, 0.15) is 35.1 Å². The molecule has 1 aliphatic heterocycles. The van der Waals surface area contributed by atoms with Crippen LogP contribution in [0.4, 0.5) is 18.9 Å². The van der Waals surface area contributed by atoms with Crippen molar-refractivity contribution >= 4 is 28.9 Å². The Morgan fingerprint density at radius 2 is 1.80 bits per heavy atom. The lowest BCUT2D eigenvalue weighted by molar-refractivity contribution is -0.137. The van der Waals surface area contributed by atoms with E-state index in [0.29, 0.717) is 15.6 Å². The van der Waals surface area contributed by atoms with Gasteiger partial charge in [-0.05, 0) is 53.8 Å². The van der Waals surface area contributed by atoms with Crippen molar-refractivity contribution in [2.75, 3.05) is 5.32 Å². The highest BCUT2D eigenvalue weighted by Gasteiger charge is 2.40. The molecule has 1 nitrogen and oxygen atoms in total. The molecule has 0 amide bonds. The molecule has 1 N–H and O–H groups in total. The molecule has 6 heteroatoms. The Hall–Kier alpha value is -1.65. The van der Waals surface area contributed by atoms with Crippen LogP contribution in [0.2, 0.25) is 10.0 Å². The number of rotatable bonds is 1. The van der Waals surface area contributed by atoms with E-state index in [1.165, 1.54) is 12.1 Å². The van der Waals surface area contributed by atoms with Crippen molar-refractivity contribution in [2.24, 2.45) is 5.92 Å². The molecule has 3 atom stereocenters. The molecular formula is C19H14Cl2F3N. The Kier molecular flexibility index (Phi) is 4.00. The van der Waals surface area contributed by atoms with Gasteiger partial charge in [-0.1, -0.05) is 41.4 Å². The predicted molar refractivity (Wildman–Crippen MR) is 94.3 cm³/mol. The van der Waals surface area contributed by atoms with E-state index in [1.807, 2.05) is 24.3 Å². The zero-order chi connectivity index (χ0) is 17.8. The topological polar surface area (TPSA) is 12.0 Å². The summed E-state index contributed by atoms with van der Waals surface area (Å²) in [6, 6.07) is 9.37. The van der Waals surface area contributed by atoms with E-state index in [2.05, 4.69) is 5.32 Å². The van der Waals surface area contributed by atoms with Gasteiger partial charge in [-0.25, -0.2) is 0 Å². The summed E-state index contributed by atoms with van der Waals surface area (Å²) in [5.74, 6) is 0.103. The second kappa shape index (κ2) is 5.96. The number of nitrogens with one attached hydrogen (secondary N) is 1. The van der Waals surface area contributed by atoms with E-state index >= 15 is 0 Å². The van der Waals surface area contributed by atoms with E-state index in [1.54, 1.807) is 6.07 Å². The van der Waals surface area contributed by atoms with Gasteiger partial charge >= 0.3 is 6.18 Å². The van der Waals surface area contributed by atoms with Crippen molar-refractivity contribution in [3.8, 4) is 0 Å². The molecule has 0 unspecified atom stereocenters. The second-order valence-corrected chi connectivity index (χ2v) is 7.26. The monoisotopic (exact) mass is 383 g/mol. The molecule has 0 aromatic heterocycles. The van der Waals surface area contributed by atoms with E-state index < -0.39 is 11.7 Å². The fraction of sp³-hybridized carbons (Fsp3) is 0.263. The molecule has 25 heavy (non-hydrogen) atoms. The molecule has 1 heterocycles. The molecule has 2 aliphatic rings. The van der Waals surface area contributed by atoms with E-state index in [-0.39, 0.29) is 17.9 Å². The van der Waals surface area contributed by atoms with Gasteiger partial charge in [-0.15, -0.1) is 0 Å². The molecule has 1 aliphatic carbocycles. The van der Waals surface area contributed by atoms with Crippen LogP contribution in [-0.4, -0.2) is 0 Å². The molecule has 0 saturated carbocycles. The predicted octanol–water partition coefficient (Wildman–Crippen LogP) is 6.84. The van der Waals surface area contributed by atoms with Crippen molar-refractivity contribution in [3.63, 3.8) is 0 Å². The fourth-order valence-corrected chi connectivity index (χ4v) is 4.11. The van der Waals surface area contributed by atoms with Crippen LogP contribution in [0.3, 0.4) is 0 Å². The number of benzene rings is 2. The third kappa shape index (κ3) is 2.91. The van der Waals surface area contributed by atoms with Gasteiger partial charge in [0.15, 0.2) is 0 Å².